The summed E-state index contributed by atoms with van der Waals surface area (Å²) in [5.41, 5.74) is 1.79. The first kappa shape index (κ1) is 15.8. The summed E-state index contributed by atoms with van der Waals surface area (Å²) >= 11 is 0. The van der Waals surface area contributed by atoms with E-state index in [1.165, 1.54) is 11.7 Å². The van der Waals surface area contributed by atoms with Crippen LogP contribution in [0.5, 0.6) is 5.75 Å². The van der Waals surface area contributed by atoms with Gasteiger partial charge in [0.2, 0.25) is 0 Å². The Labute approximate surface area is 138 Å². The van der Waals surface area contributed by atoms with Crippen LogP contribution < -0.4 is 15.6 Å². The van der Waals surface area contributed by atoms with Gasteiger partial charge < -0.3 is 19.2 Å². The third-order valence-corrected chi connectivity index (χ3v) is 3.93. The highest BCUT2D eigenvalue weighted by molar-refractivity contribution is 6.12. The molecule has 0 aromatic carbocycles. The maximum atomic E-state index is 12.7. The van der Waals surface area contributed by atoms with Gasteiger partial charge in [-0.1, -0.05) is 0 Å². The van der Waals surface area contributed by atoms with E-state index in [1.54, 1.807) is 42.3 Å². The lowest BCUT2D eigenvalue weighted by atomic mass is 10.1. The van der Waals surface area contributed by atoms with Crippen LogP contribution in [-0.2, 0) is 14.1 Å². The second kappa shape index (κ2) is 5.84. The minimum Gasteiger partial charge on any atom is -0.497 e. The largest absolute Gasteiger partial charge is 0.497 e. The molecule has 1 N–H and O–H groups in total. The number of fused-ring (bicyclic) bond motifs is 1. The topological polar surface area (TPSA) is 78.2 Å². The van der Waals surface area contributed by atoms with E-state index in [-0.39, 0.29) is 11.5 Å². The Morgan fingerprint density at radius 2 is 2.00 bits per heavy atom. The van der Waals surface area contributed by atoms with Crippen LogP contribution in [0, 0.1) is 6.92 Å². The van der Waals surface area contributed by atoms with E-state index in [0.717, 1.165) is 11.1 Å². The molecule has 0 atom stereocenters. The molecule has 0 bridgehead atoms. The minimum atomic E-state index is -0.385. The molecular formula is C17H18N4O3. The number of nitrogens with zero attached hydrogens (tertiary/aromatic N) is 3. The van der Waals surface area contributed by atoms with E-state index in [1.807, 2.05) is 14.0 Å². The lowest BCUT2D eigenvalue weighted by Crippen LogP contribution is -2.20. The Morgan fingerprint density at radius 3 is 2.71 bits per heavy atom. The number of ether oxygens (including phenoxy) is 1. The molecule has 1 amide bonds. The molecule has 7 nitrogen and oxygen atoms in total. The van der Waals surface area contributed by atoms with Gasteiger partial charge in [-0.2, -0.15) is 0 Å². The number of anilines is 1. The van der Waals surface area contributed by atoms with Crippen LogP contribution in [0.3, 0.4) is 0 Å². The summed E-state index contributed by atoms with van der Waals surface area (Å²) in [6, 6.07) is 3.30. The SMILES string of the molecule is COc1ccnc(NC(=O)c2cn(C)c3c(C)cn(C)c(=O)c23)c1. The van der Waals surface area contributed by atoms with Crippen molar-refractivity contribution < 1.29 is 9.53 Å². The molecule has 24 heavy (non-hydrogen) atoms. The quantitative estimate of drug-likeness (QED) is 0.796. The predicted octanol–water partition coefficient (Wildman–Crippen LogP) is 1.84. The van der Waals surface area contributed by atoms with E-state index in [4.69, 9.17) is 4.74 Å². The Hall–Kier alpha value is -3.09. The van der Waals surface area contributed by atoms with Gasteiger partial charge in [-0.3, -0.25) is 9.59 Å². The predicted molar refractivity (Wildman–Crippen MR) is 91.6 cm³/mol. The highest BCUT2D eigenvalue weighted by Gasteiger charge is 2.19. The highest BCUT2D eigenvalue weighted by atomic mass is 16.5. The number of methoxy groups -OCH3 is 1. The molecule has 3 heterocycles. The number of aromatic nitrogens is 3. The number of hydrogen-bond donors (Lipinski definition) is 1. The summed E-state index contributed by atoms with van der Waals surface area (Å²) in [6.07, 6.45) is 4.96. The Morgan fingerprint density at radius 1 is 1.25 bits per heavy atom. The van der Waals surface area contributed by atoms with Crippen molar-refractivity contribution in [1.29, 1.82) is 0 Å². The molecule has 0 aliphatic heterocycles. The smallest absolute Gasteiger partial charge is 0.260 e. The van der Waals surface area contributed by atoms with Gasteiger partial charge in [-0.25, -0.2) is 4.98 Å². The zero-order chi connectivity index (χ0) is 17.4. The molecule has 0 radical (unpaired) electrons. The second-order valence-corrected chi connectivity index (χ2v) is 5.64. The molecule has 3 aromatic rings. The summed E-state index contributed by atoms with van der Waals surface area (Å²) in [6.45, 7) is 1.91. The average Bonchev–Trinajstić information content (AvgIpc) is 2.91. The highest BCUT2D eigenvalue weighted by Crippen LogP contribution is 2.22. The van der Waals surface area contributed by atoms with Crippen LogP contribution in [0.2, 0.25) is 0 Å². The molecule has 124 valence electrons. The molecule has 0 unspecified atom stereocenters. The third kappa shape index (κ3) is 2.54. The summed E-state index contributed by atoms with van der Waals surface area (Å²) in [5.74, 6) is 0.565. The Kier molecular flexibility index (Phi) is 3.84. The molecule has 0 saturated carbocycles. The van der Waals surface area contributed by atoms with Crippen molar-refractivity contribution in [2.75, 3.05) is 12.4 Å². The first-order chi connectivity index (χ1) is 11.4. The van der Waals surface area contributed by atoms with Gasteiger partial charge in [0.25, 0.3) is 11.5 Å². The van der Waals surface area contributed by atoms with Crippen LogP contribution >= 0.6 is 0 Å². The van der Waals surface area contributed by atoms with Crippen molar-refractivity contribution in [2.45, 2.75) is 6.92 Å². The number of carbonyl (C=O) groups excluding carboxylic acids is 1. The van der Waals surface area contributed by atoms with Crippen LogP contribution in [0.15, 0.2) is 35.5 Å². The van der Waals surface area contributed by atoms with Crippen LogP contribution in [0.1, 0.15) is 15.9 Å². The van der Waals surface area contributed by atoms with E-state index in [0.29, 0.717) is 22.5 Å². The van der Waals surface area contributed by atoms with Crippen molar-refractivity contribution in [2.24, 2.45) is 14.1 Å². The summed E-state index contributed by atoms with van der Waals surface area (Å²) in [7, 11) is 5.03. The fraction of sp³-hybridized carbons (Fsp3) is 0.235. The summed E-state index contributed by atoms with van der Waals surface area (Å²) < 4.78 is 8.39. The van der Waals surface area contributed by atoms with Crippen molar-refractivity contribution >= 4 is 22.6 Å². The van der Waals surface area contributed by atoms with Gasteiger partial charge in [-0.05, 0) is 18.6 Å². The van der Waals surface area contributed by atoms with Crippen LogP contribution in [-0.4, -0.2) is 27.1 Å². The number of amides is 1. The van der Waals surface area contributed by atoms with Crippen LogP contribution in [0.25, 0.3) is 10.9 Å². The van der Waals surface area contributed by atoms with Gasteiger partial charge >= 0.3 is 0 Å². The Balaban J connectivity index is 2.09. The number of rotatable bonds is 3. The molecule has 0 aliphatic carbocycles. The first-order valence-corrected chi connectivity index (χ1v) is 7.39. The average molecular weight is 326 g/mol. The monoisotopic (exact) mass is 326 g/mol. The maximum absolute atomic E-state index is 12.7. The fourth-order valence-corrected chi connectivity index (χ4v) is 2.87. The summed E-state index contributed by atoms with van der Waals surface area (Å²) in [4.78, 5) is 29.3. The fourth-order valence-electron chi connectivity index (χ4n) is 2.87. The molecule has 0 saturated heterocycles. The van der Waals surface area contributed by atoms with Gasteiger partial charge in [0.1, 0.15) is 11.6 Å². The van der Waals surface area contributed by atoms with Gasteiger partial charge in [0.05, 0.1) is 23.6 Å². The van der Waals surface area contributed by atoms with Gasteiger partial charge in [-0.15, -0.1) is 0 Å². The van der Waals surface area contributed by atoms with Gasteiger partial charge in [0.15, 0.2) is 0 Å². The number of carbonyl (C=O) groups is 1. The molecule has 3 aromatic heterocycles. The van der Waals surface area contributed by atoms with E-state index >= 15 is 0 Å². The zero-order valence-electron chi connectivity index (χ0n) is 14.0. The van der Waals surface area contributed by atoms with Crippen molar-refractivity contribution in [1.82, 2.24) is 14.1 Å². The first-order valence-electron chi connectivity index (χ1n) is 7.39. The third-order valence-electron chi connectivity index (χ3n) is 3.93. The van der Waals surface area contributed by atoms with E-state index < -0.39 is 0 Å². The van der Waals surface area contributed by atoms with Crippen molar-refractivity contribution in [3.63, 3.8) is 0 Å². The molecule has 0 fully saturated rings. The molecule has 0 spiro atoms. The van der Waals surface area contributed by atoms with Crippen LogP contribution in [0.4, 0.5) is 5.82 Å². The number of nitrogens with one attached hydrogen (secondary N) is 1. The normalized spacial score (nSPS) is 10.8. The standard InChI is InChI=1S/C17H18N4O3/c1-10-8-21(3)17(23)14-12(9-20(2)15(10)14)16(22)19-13-7-11(24-4)5-6-18-13/h5-9H,1-4H3,(H,18,19,22). The van der Waals surface area contributed by atoms with Gasteiger partial charge in [0, 0.05) is 38.8 Å². The van der Waals surface area contributed by atoms with Crippen molar-refractivity contribution in [3.05, 3.63) is 52.2 Å². The number of hydrogen-bond acceptors (Lipinski definition) is 4. The van der Waals surface area contributed by atoms with E-state index in [9.17, 15) is 9.59 Å². The minimum absolute atomic E-state index is 0.208. The number of pyridine rings is 2. The lowest BCUT2D eigenvalue weighted by molar-refractivity contribution is 0.102. The molecular weight excluding hydrogens is 308 g/mol. The summed E-state index contributed by atoms with van der Waals surface area (Å²) in [5, 5.41) is 3.12. The number of aryl methyl sites for hydroxylation is 3. The molecule has 7 heteroatoms. The zero-order valence-corrected chi connectivity index (χ0v) is 14.0. The maximum Gasteiger partial charge on any atom is 0.260 e. The molecule has 3 rings (SSSR count). The Bertz CT molecular complexity index is 1000. The van der Waals surface area contributed by atoms with E-state index in [2.05, 4.69) is 10.3 Å². The lowest BCUT2D eigenvalue weighted by Gasteiger charge is -2.06. The molecule has 0 aliphatic rings. The second-order valence-electron chi connectivity index (χ2n) is 5.64. The van der Waals surface area contributed by atoms with Crippen molar-refractivity contribution in [3.8, 4) is 5.75 Å².